The van der Waals surface area contributed by atoms with Gasteiger partial charge in [-0.25, -0.2) is 9.78 Å². The largest absolute Gasteiger partial charge is 0.480 e. The van der Waals surface area contributed by atoms with E-state index in [4.69, 9.17) is 15.3 Å². The number of carboxylic acid groups (broad SMARTS) is 1. The Morgan fingerprint density at radius 1 is 1.43 bits per heavy atom. The van der Waals surface area contributed by atoms with E-state index in [2.05, 4.69) is 9.98 Å². The molecule has 0 aliphatic carbocycles. The van der Waals surface area contributed by atoms with Gasteiger partial charge in [-0.15, -0.1) is 0 Å². The third-order valence-electron chi connectivity index (χ3n) is 2.87. The zero-order valence-corrected chi connectivity index (χ0v) is 13.5. The summed E-state index contributed by atoms with van der Waals surface area (Å²) in [6.07, 6.45) is 5.76. The van der Waals surface area contributed by atoms with E-state index >= 15 is 0 Å². The van der Waals surface area contributed by atoms with Gasteiger partial charge in [-0.05, 0) is 37.6 Å². The molecule has 2 aromatic rings. The molecule has 1 aromatic carbocycles. The van der Waals surface area contributed by atoms with E-state index in [9.17, 15) is 4.79 Å². The molecule has 6 heteroatoms. The predicted molar refractivity (Wildman–Crippen MR) is 92.6 cm³/mol. The second kappa shape index (κ2) is 10.3. The molecule has 0 saturated carbocycles. The third-order valence-corrected chi connectivity index (χ3v) is 2.87. The topological polar surface area (TPSA) is 102 Å². The highest BCUT2D eigenvalue weighted by Gasteiger charge is 2.13. The van der Waals surface area contributed by atoms with E-state index < -0.39 is 12.0 Å². The molecule has 2 rings (SSSR count). The van der Waals surface area contributed by atoms with Crippen molar-refractivity contribution in [2.45, 2.75) is 32.7 Å². The Bertz CT molecular complexity index is 629. The van der Waals surface area contributed by atoms with Gasteiger partial charge < -0.3 is 15.3 Å². The molecule has 0 amide bonds. The Balaban J connectivity index is 0.00000127. The van der Waals surface area contributed by atoms with Gasteiger partial charge in [0.15, 0.2) is 5.58 Å². The van der Waals surface area contributed by atoms with Crippen molar-refractivity contribution in [3.05, 3.63) is 36.2 Å². The normalized spacial score (nSPS) is 12.5. The van der Waals surface area contributed by atoms with Gasteiger partial charge in [-0.1, -0.05) is 26.0 Å². The molecule has 1 heterocycles. The number of benzene rings is 1. The first-order valence-electron chi connectivity index (χ1n) is 7.69. The molecule has 3 N–H and O–H groups in total. The van der Waals surface area contributed by atoms with Crippen LogP contribution in [0, 0.1) is 0 Å². The maximum Gasteiger partial charge on any atom is 0.328 e. The third kappa shape index (κ3) is 6.04. The maximum absolute atomic E-state index is 11.0. The number of nitrogens with two attached hydrogens (primary N) is 1. The number of fused-ring (bicyclic) bond motifs is 1. The molecular formula is C17H23N3O3. The van der Waals surface area contributed by atoms with Gasteiger partial charge in [-0.2, -0.15) is 0 Å². The summed E-state index contributed by atoms with van der Waals surface area (Å²) < 4.78 is 5.49. The molecule has 6 nitrogen and oxygen atoms in total. The van der Waals surface area contributed by atoms with Crippen molar-refractivity contribution in [1.29, 1.82) is 0 Å². The number of carboxylic acids is 1. The van der Waals surface area contributed by atoms with E-state index in [-0.39, 0.29) is 0 Å². The molecule has 0 saturated heterocycles. The van der Waals surface area contributed by atoms with Gasteiger partial charge in [-0.3, -0.25) is 4.99 Å². The first-order valence-corrected chi connectivity index (χ1v) is 7.69. The van der Waals surface area contributed by atoms with E-state index in [0.717, 1.165) is 5.52 Å². The van der Waals surface area contributed by atoms with E-state index in [1.54, 1.807) is 12.2 Å². The van der Waals surface area contributed by atoms with Crippen LogP contribution in [-0.4, -0.2) is 34.9 Å². The molecule has 0 spiro atoms. The second-order valence-electron chi connectivity index (χ2n) is 4.46. The van der Waals surface area contributed by atoms with Crippen molar-refractivity contribution < 1.29 is 14.3 Å². The molecule has 23 heavy (non-hydrogen) atoms. The van der Waals surface area contributed by atoms with E-state index in [1.165, 1.54) is 6.21 Å². The summed E-state index contributed by atoms with van der Waals surface area (Å²) in [5.74, 6) is -0.494. The van der Waals surface area contributed by atoms with E-state index in [0.29, 0.717) is 30.9 Å². The Morgan fingerprint density at radius 3 is 2.83 bits per heavy atom. The van der Waals surface area contributed by atoms with Gasteiger partial charge in [0.2, 0.25) is 5.89 Å². The minimum atomic E-state index is -0.949. The number of oxazole rings is 1. The predicted octanol–water partition coefficient (Wildman–Crippen LogP) is 3.13. The summed E-state index contributed by atoms with van der Waals surface area (Å²) in [7, 11) is 0. The molecule has 124 valence electrons. The number of hydrogen-bond acceptors (Lipinski definition) is 5. The van der Waals surface area contributed by atoms with Crippen LogP contribution in [0.4, 0.5) is 0 Å². The summed E-state index contributed by atoms with van der Waals surface area (Å²) in [6.45, 7) is 4.46. The fraction of sp³-hybridized carbons (Fsp3) is 0.353. The van der Waals surface area contributed by atoms with Crippen molar-refractivity contribution in [3.63, 3.8) is 0 Å². The summed E-state index contributed by atoms with van der Waals surface area (Å²) in [5, 5.41) is 9.00. The Morgan fingerprint density at radius 2 is 2.17 bits per heavy atom. The zero-order chi connectivity index (χ0) is 17.1. The molecule has 0 fully saturated rings. The van der Waals surface area contributed by atoms with Crippen LogP contribution in [0.15, 0.2) is 39.8 Å². The first kappa shape index (κ1) is 18.6. The van der Waals surface area contributed by atoms with E-state index in [1.807, 2.05) is 38.1 Å². The van der Waals surface area contributed by atoms with Crippen LogP contribution < -0.4 is 5.73 Å². The second-order valence-corrected chi connectivity index (χ2v) is 4.46. The van der Waals surface area contributed by atoms with Crippen molar-refractivity contribution in [3.8, 4) is 0 Å². The quantitative estimate of drug-likeness (QED) is 0.764. The summed E-state index contributed by atoms with van der Waals surface area (Å²) >= 11 is 0. The number of nitrogens with zero attached hydrogens (tertiary/aromatic N) is 2. The number of aliphatic imine (C=N–C) groups is 1. The van der Waals surface area contributed by atoms with Gasteiger partial charge >= 0.3 is 5.97 Å². The Hall–Kier alpha value is -2.47. The monoisotopic (exact) mass is 317 g/mol. The van der Waals surface area contributed by atoms with Crippen LogP contribution >= 0.6 is 0 Å². The lowest BCUT2D eigenvalue weighted by atomic mass is 10.1. The highest BCUT2D eigenvalue weighted by Crippen LogP contribution is 2.15. The molecule has 0 aliphatic rings. The Kier molecular flexibility index (Phi) is 8.31. The van der Waals surface area contributed by atoms with Crippen LogP contribution in [0.1, 0.15) is 32.6 Å². The number of aromatic nitrogens is 1. The maximum atomic E-state index is 11.0. The number of hydrogen-bond donors (Lipinski definition) is 2. The number of aliphatic carboxylic acids is 1. The SMILES string of the molecule is CC.NCCCC(N=C/C=C/c1nc2ccccc2o1)C(=O)O. The lowest BCUT2D eigenvalue weighted by molar-refractivity contribution is -0.138. The lowest BCUT2D eigenvalue weighted by Crippen LogP contribution is -2.19. The zero-order valence-electron chi connectivity index (χ0n) is 13.5. The number of carbonyl (C=O) groups is 1. The highest BCUT2D eigenvalue weighted by molar-refractivity contribution is 5.82. The summed E-state index contributed by atoms with van der Waals surface area (Å²) in [5.41, 5.74) is 6.85. The fourth-order valence-electron chi connectivity index (χ4n) is 1.81. The summed E-state index contributed by atoms with van der Waals surface area (Å²) in [4.78, 5) is 19.2. The number of rotatable bonds is 7. The average molecular weight is 317 g/mol. The molecule has 0 radical (unpaired) electrons. The lowest BCUT2D eigenvalue weighted by Gasteiger charge is -2.04. The average Bonchev–Trinajstić information content (AvgIpc) is 2.98. The van der Waals surface area contributed by atoms with Gasteiger partial charge in [0.25, 0.3) is 0 Å². The molecule has 0 aliphatic heterocycles. The van der Waals surface area contributed by atoms with Crippen LogP contribution in [0.2, 0.25) is 0 Å². The first-order chi connectivity index (χ1) is 11.2. The van der Waals surface area contributed by atoms with Gasteiger partial charge in [0, 0.05) is 12.3 Å². The van der Waals surface area contributed by atoms with Crippen molar-refractivity contribution >= 4 is 29.4 Å². The van der Waals surface area contributed by atoms with Crippen LogP contribution in [-0.2, 0) is 4.79 Å². The van der Waals surface area contributed by atoms with Gasteiger partial charge in [0.1, 0.15) is 11.6 Å². The highest BCUT2D eigenvalue weighted by atomic mass is 16.4. The van der Waals surface area contributed by atoms with Crippen LogP contribution in [0.5, 0.6) is 0 Å². The fourth-order valence-corrected chi connectivity index (χ4v) is 1.81. The molecule has 1 aromatic heterocycles. The minimum absolute atomic E-state index is 0.430. The number of allylic oxidation sites excluding steroid dienone is 1. The van der Waals surface area contributed by atoms with Crippen molar-refractivity contribution in [2.24, 2.45) is 10.7 Å². The number of para-hydroxylation sites is 2. The standard InChI is InChI=1S/C15H17N3O3.C2H6/c16-9-3-6-12(15(19)20)17-10-4-8-14-18-11-5-1-2-7-13(11)21-14;1-2/h1-2,4-5,7-8,10,12H,3,6,9,16H2,(H,19,20);1-2H3/b8-4+,17-10?;. The smallest absolute Gasteiger partial charge is 0.328 e. The van der Waals surface area contributed by atoms with Crippen LogP contribution in [0.25, 0.3) is 17.2 Å². The van der Waals surface area contributed by atoms with Crippen LogP contribution in [0.3, 0.4) is 0 Å². The molecule has 0 bridgehead atoms. The van der Waals surface area contributed by atoms with Gasteiger partial charge in [0.05, 0.1) is 0 Å². The molecule has 1 unspecified atom stereocenters. The van der Waals surface area contributed by atoms with Crippen molar-refractivity contribution in [2.75, 3.05) is 6.54 Å². The molecular weight excluding hydrogens is 294 g/mol. The molecule has 1 atom stereocenters. The van der Waals surface area contributed by atoms with Crippen molar-refractivity contribution in [1.82, 2.24) is 4.98 Å². The minimum Gasteiger partial charge on any atom is -0.480 e. The Labute approximate surface area is 135 Å². The summed E-state index contributed by atoms with van der Waals surface area (Å²) in [6, 6.07) is 6.69.